The van der Waals surface area contributed by atoms with Gasteiger partial charge in [-0.05, 0) is 55.9 Å². The first kappa shape index (κ1) is 16.3. The molecule has 0 spiro atoms. The Kier molecular flexibility index (Phi) is 4.33. The summed E-state index contributed by atoms with van der Waals surface area (Å²) in [7, 11) is -3.81. The third-order valence-electron chi connectivity index (χ3n) is 4.84. The average Bonchev–Trinajstić information content (AvgIpc) is 3.08. The number of aliphatic carboxylic acids is 1. The first-order chi connectivity index (χ1) is 10.9. The van der Waals surface area contributed by atoms with Gasteiger partial charge in [-0.3, -0.25) is 4.79 Å². The lowest BCUT2D eigenvalue weighted by Gasteiger charge is -2.23. The molecule has 1 saturated heterocycles. The molecule has 2 aliphatic rings. The second kappa shape index (κ2) is 6.13. The second-order valence-electron chi connectivity index (χ2n) is 6.12. The van der Waals surface area contributed by atoms with Gasteiger partial charge in [-0.25, -0.2) is 8.42 Å². The van der Waals surface area contributed by atoms with Crippen molar-refractivity contribution in [2.24, 2.45) is 11.8 Å². The van der Waals surface area contributed by atoms with Gasteiger partial charge in [-0.2, -0.15) is 4.31 Å². The van der Waals surface area contributed by atoms with Crippen molar-refractivity contribution in [2.45, 2.75) is 37.1 Å². The van der Waals surface area contributed by atoms with Crippen molar-refractivity contribution in [3.63, 3.8) is 0 Å². The van der Waals surface area contributed by atoms with Crippen LogP contribution in [0.1, 0.15) is 26.2 Å². The number of fused-ring (bicyclic) bond motifs is 1. The van der Waals surface area contributed by atoms with E-state index >= 15 is 0 Å². The van der Waals surface area contributed by atoms with Crippen molar-refractivity contribution < 1.29 is 23.1 Å². The fourth-order valence-corrected chi connectivity index (χ4v) is 5.51. The first-order valence-electron chi connectivity index (χ1n) is 7.92. The van der Waals surface area contributed by atoms with E-state index in [0.29, 0.717) is 18.9 Å². The molecule has 0 bridgehead atoms. The van der Waals surface area contributed by atoms with Crippen molar-refractivity contribution in [2.75, 3.05) is 13.2 Å². The molecule has 6 nitrogen and oxygen atoms in total. The number of rotatable bonds is 5. The van der Waals surface area contributed by atoms with Crippen LogP contribution in [0.4, 0.5) is 0 Å². The number of carbonyl (C=O) groups is 1. The zero-order valence-electron chi connectivity index (χ0n) is 13.0. The Labute approximate surface area is 136 Å². The molecule has 0 radical (unpaired) electrons. The minimum atomic E-state index is -3.81. The quantitative estimate of drug-likeness (QED) is 0.886. The van der Waals surface area contributed by atoms with Gasteiger partial charge >= 0.3 is 5.97 Å². The highest BCUT2D eigenvalue weighted by Gasteiger charge is 2.52. The molecule has 1 aromatic carbocycles. The standard InChI is InChI=1S/C16H21NO5S/c1-2-22-12-6-8-13(9-7-12)23(20,21)17-10-11-4-3-5-14(11)15(17)16(18)19/h6-9,11,14-15H,2-5,10H2,1H3,(H,18,19). The fourth-order valence-electron chi connectivity index (χ4n) is 3.83. The summed E-state index contributed by atoms with van der Waals surface area (Å²) in [6, 6.07) is 5.21. The highest BCUT2D eigenvalue weighted by molar-refractivity contribution is 7.89. The molecule has 0 amide bonds. The number of hydrogen-bond acceptors (Lipinski definition) is 4. The Bertz CT molecular complexity index is 685. The summed E-state index contributed by atoms with van der Waals surface area (Å²) in [6.45, 7) is 2.66. The summed E-state index contributed by atoms with van der Waals surface area (Å²) >= 11 is 0. The first-order valence-corrected chi connectivity index (χ1v) is 9.36. The lowest BCUT2D eigenvalue weighted by molar-refractivity contribution is -0.142. The van der Waals surface area contributed by atoms with E-state index < -0.39 is 22.0 Å². The van der Waals surface area contributed by atoms with Gasteiger partial charge in [0, 0.05) is 6.54 Å². The molecule has 3 rings (SSSR count). The molecule has 2 fully saturated rings. The smallest absolute Gasteiger partial charge is 0.322 e. The van der Waals surface area contributed by atoms with E-state index in [4.69, 9.17) is 4.74 Å². The van der Waals surface area contributed by atoms with Crippen LogP contribution in [0.25, 0.3) is 0 Å². The highest BCUT2D eigenvalue weighted by atomic mass is 32.2. The van der Waals surface area contributed by atoms with E-state index in [1.54, 1.807) is 12.1 Å². The van der Waals surface area contributed by atoms with E-state index in [1.165, 1.54) is 16.4 Å². The van der Waals surface area contributed by atoms with Crippen LogP contribution in [0.3, 0.4) is 0 Å². The van der Waals surface area contributed by atoms with Gasteiger partial charge in [-0.1, -0.05) is 6.42 Å². The second-order valence-corrected chi connectivity index (χ2v) is 8.01. The van der Waals surface area contributed by atoms with Gasteiger partial charge in [0.1, 0.15) is 11.8 Å². The highest BCUT2D eigenvalue weighted by Crippen LogP contribution is 2.44. The van der Waals surface area contributed by atoms with Crippen LogP contribution in [0.5, 0.6) is 5.75 Å². The Morgan fingerprint density at radius 1 is 1.30 bits per heavy atom. The van der Waals surface area contributed by atoms with Gasteiger partial charge in [0.25, 0.3) is 0 Å². The molecule has 1 aliphatic heterocycles. The lowest BCUT2D eigenvalue weighted by atomic mass is 9.94. The number of carboxylic acids is 1. The van der Waals surface area contributed by atoms with Crippen molar-refractivity contribution in [3.05, 3.63) is 24.3 Å². The van der Waals surface area contributed by atoms with Crippen molar-refractivity contribution in [3.8, 4) is 5.75 Å². The average molecular weight is 339 g/mol. The van der Waals surface area contributed by atoms with Crippen LogP contribution in [-0.2, 0) is 14.8 Å². The van der Waals surface area contributed by atoms with E-state index in [2.05, 4.69) is 0 Å². The molecule has 23 heavy (non-hydrogen) atoms. The zero-order valence-corrected chi connectivity index (χ0v) is 13.8. The molecule has 3 unspecified atom stereocenters. The minimum Gasteiger partial charge on any atom is -0.494 e. The molecule has 1 aromatic rings. The molecular weight excluding hydrogens is 318 g/mol. The number of nitrogens with zero attached hydrogens (tertiary/aromatic N) is 1. The molecule has 1 saturated carbocycles. The summed E-state index contributed by atoms with van der Waals surface area (Å²) in [5.41, 5.74) is 0. The maximum atomic E-state index is 12.9. The number of carboxylic acid groups (broad SMARTS) is 1. The molecular formula is C16H21NO5S. The largest absolute Gasteiger partial charge is 0.494 e. The lowest BCUT2D eigenvalue weighted by Crippen LogP contribution is -2.43. The van der Waals surface area contributed by atoms with Crippen LogP contribution in [0.2, 0.25) is 0 Å². The van der Waals surface area contributed by atoms with Crippen LogP contribution >= 0.6 is 0 Å². The van der Waals surface area contributed by atoms with E-state index in [-0.39, 0.29) is 16.7 Å². The molecule has 3 atom stereocenters. The van der Waals surface area contributed by atoms with Crippen molar-refractivity contribution in [1.29, 1.82) is 0 Å². The van der Waals surface area contributed by atoms with Crippen LogP contribution in [0.15, 0.2) is 29.2 Å². The normalized spacial score (nSPS) is 27.8. The molecule has 1 N–H and O–H groups in total. The topological polar surface area (TPSA) is 83.9 Å². The summed E-state index contributed by atoms with van der Waals surface area (Å²) in [4.78, 5) is 11.8. The molecule has 0 aromatic heterocycles. The van der Waals surface area contributed by atoms with Gasteiger partial charge in [0.15, 0.2) is 0 Å². The number of sulfonamides is 1. The van der Waals surface area contributed by atoms with Crippen LogP contribution < -0.4 is 4.74 Å². The van der Waals surface area contributed by atoms with Gasteiger partial charge in [-0.15, -0.1) is 0 Å². The Morgan fingerprint density at radius 2 is 2.00 bits per heavy atom. The van der Waals surface area contributed by atoms with Crippen LogP contribution in [0, 0.1) is 11.8 Å². The Morgan fingerprint density at radius 3 is 2.61 bits per heavy atom. The predicted octanol–water partition coefficient (Wildman–Crippen LogP) is 1.96. The SMILES string of the molecule is CCOc1ccc(S(=O)(=O)N2CC3CCCC3C2C(=O)O)cc1. The summed E-state index contributed by atoms with van der Waals surface area (Å²) in [5, 5.41) is 9.53. The van der Waals surface area contributed by atoms with Gasteiger partial charge in [0.05, 0.1) is 11.5 Å². The molecule has 1 aliphatic carbocycles. The summed E-state index contributed by atoms with van der Waals surface area (Å²) in [5.74, 6) is -0.355. The number of hydrogen-bond donors (Lipinski definition) is 1. The summed E-state index contributed by atoms with van der Waals surface area (Å²) in [6.07, 6.45) is 2.68. The van der Waals surface area contributed by atoms with Gasteiger partial charge < -0.3 is 9.84 Å². The van der Waals surface area contributed by atoms with Crippen LogP contribution in [-0.4, -0.2) is 43.0 Å². The van der Waals surface area contributed by atoms with Gasteiger partial charge in [0.2, 0.25) is 10.0 Å². The number of ether oxygens (including phenoxy) is 1. The van der Waals surface area contributed by atoms with Crippen molar-refractivity contribution >= 4 is 16.0 Å². The van der Waals surface area contributed by atoms with Crippen molar-refractivity contribution in [1.82, 2.24) is 4.31 Å². The molecule has 1 heterocycles. The summed E-state index contributed by atoms with van der Waals surface area (Å²) < 4.78 is 32.2. The molecule has 126 valence electrons. The third kappa shape index (κ3) is 2.83. The Balaban J connectivity index is 1.90. The van der Waals surface area contributed by atoms with E-state index in [9.17, 15) is 18.3 Å². The molecule has 7 heteroatoms. The maximum absolute atomic E-state index is 12.9. The van der Waals surface area contributed by atoms with E-state index in [1.807, 2.05) is 6.92 Å². The van der Waals surface area contributed by atoms with E-state index in [0.717, 1.165) is 19.3 Å². The Hall–Kier alpha value is -1.60. The minimum absolute atomic E-state index is 0.0648. The maximum Gasteiger partial charge on any atom is 0.322 e. The number of benzene rings is 1. The zero-order chi connectivity index (χ0) is 16.6. The predicted molar refractivity (Wildman–Crippen MR) is 83.8 cm³/mol. The third-order valence-corrected chi connectivity index (χ3v) is 6.70. The monoisotopic (exact) mass is 339 g/mol. The fraction of sp³-hybridized carbons (Fsp3) is 0.562.